The van der Waals surface area contributed by atoms with E-state index in [9.17, 15) is 14.4 Å². The molecule has 3 rings (SSSR count). The number of hydrogen-bond acceptors (Lipinski definition) is 3. The van der Waals surface area contributed by atoms with E-state index in [1.54, 1.807) is 31.2 Å². The quantitative estimate of drug-likeness (QED) is 0.885. The number of Topliss-reactive ketones (excluding diaryl/α,β-unsaturated/α-hetero) is 1. The molecule has 2 N–H and O–H groups in total. The number of nitrogens with two attached hydrogens (primary N) is 1. The molecule has 3 amide bonds. The molecule has 0 aromatic heterocycles. The highest BCUT2D eigenvalue weighted by Crippen LogP contribution is 2.40. The monoisotopic (exact) mass is 308 g/mol. The first-order chi connectivity index (χ1) is 11.0. The molecule has 0 fully saturated rings. The van der Waals surface area contributed by atoms with Gasteiger partial charge in [0.25, 0.3) is 0 Å². The van der Waals surface area contributed by atoms with Crippen LogP contribution in [0.2, 0.25) is 0 Å². The molecule has 0 radical (unpaired) electrons. The van der Waals surface area contributed by atoms with Crippen molar-refractivity contribution in [2.45, 2.75) is 18.8 Å². The van der Waals surface area contributed by atoms with Crippen molar-refractivity contribution in [1.29, 1.82) is 0 Å². The Kier molecular flexibility index (Phi) is 3.70. The van der Waals surface area contributed by atoms with E-state index in [1.165, 1.54) is 0 Å². The highest BCUT2D eigenvalue weighted by molar-refractivity contribution is 6.27. The largest absolute Gasteiger partial charge is 0.351 e. The maximum absolute atomic E-state index is 12.9. The van der Waals surface area contributed by atoms with Gasteiger partial charge in [0, 0.05) is 5.92 Å². The van der Waals surface area contributed by atoms with Gasteiger partial charge >= 0.3 is 6.03 Å². The number of benzene rings is 2. The third kappa shape index (κ3) is 2.40. The minimum Gasteiger partial charge on any atom is -0.351 e. The molecule has 0 saturated carbocycles. The number of anilines is 1. The van der Waals surface area contributed by atoms with Crippen LogP contribution in [0, 0.1) is 0 Å². The lowest BCUT2D eigenvalue weighted by molar-refractivity contribution is -0.128. The Morgan fingerprint density at radius 1 is 1.04 bits per heavy atom. The summed E-state index contributed by atoms with van der Waals surface area (Å²) < 4.78 is 0. The van der Waals surface area contributed by atoms with E-state index in [-0.39, 0.29) is 5.78 Å². The lowest BCUT2D eigenvalue weighted by Crippen LogP contribution is -2.40. The number of amides is 3. The summed E-state index contributed by atoms with van der Waals surface area (Å²) in [7, 11) is 0. The minimum atomic E-state index is -0.992. The molecule has 0 saturated heterocycles. The Hall–Kier alpha value is -2.95. The predicted octanol–water partition coefficient (Wildman–Crippen LogP) is 2.57. The number of urea groups is 1. The van der Waals surface area contributed by atoms with Gasteiger partial charge in [-0.2, -0.15) is 0 Å². The molecule has 5 heteroatoms. The zero-order chi connectivity index (χ0) is 16.6. The fraction of sp³-hybridized carbons (Fsp3) is 0.167. The van der Waals surface area contributed by atoms with Crippen LogP contribution < -0.4 is 10.6 Å². The molecule has 2 unspecified atom stereocenters. The predicted molar refractivity (Wildman–Crippen MR) is 86.1 cm³/mol. The summed E-state index contributed by atoms with van der Waals surface area (Å²) >= 11 is 0. The minimum absolute atomic E-state index is 0.239. The Morgan fingerprint density at radius 3 is 2.30 bits per heavy atom. The maximum Gasteiger partial charge on any atom is 0.326 e. The van der Waals surface area contributed by atoms with E-state index < -0.39 is 23.8 Å². The Morgan fingerprint density at radius 2 is 1.65 bits per heavy atom. The average Bonchev–Trinajstić information content (AvgIpc) is 2.86. The molecular formula is C18H16N2O3. The molecule has 0 aliphatic carbocycles. The molecular weight excluding hydrogens is 292 g/mol. The summed E-state index contributed by atoms with van der Waals surface area (Å²) in [6.45, 7) is 1.76. The van der Waals surface area contributed by atoms with Gasteiger partial charge in [-0.05, 0) is 17.2 Å². The zero-order valence-corrected chi connectivity index (χ0v) is 12.6. The summed E-state index contributed by atoms with van der Waals surface area (Å²) in [5.41, 5.74) is 7.06. The molecule has 0 bridgehead atoms. The van der Waals surface area contributed by atoms with Crippen molar-refractivity contribution in [3.05, 3.63) is 65.7 Å². The first kappa shape index (κ1) is 15.0. The second-order valence-electron chi connectivity index (χ2n) is 5.54. The average molecular weight is 308 g/mol. The van der Waals surface area contributed by atoms with E-state index in [1.807, 2.05) is 30.3 Å². The van der Waals surface area contributed by atoms with E-state index in [0.717, 1.165) is 10.5 Å². The molecule has 2 aromatic carbocycles. The second kappa shape index (κ2) is 5.68. The number of para-hydroxylation sites is 1. The number of hydrogen-bond donors (Lipinski definition) is 1. The van der Waals surface area contributed by atoms with Gasteiger partial charge in [-0.15, -0.1) is 0 Å². The van der Waals surface area contributed by atoms with E-state index in [0.29, 0.717) is 11.3 Å². The SMILES string of the molecule is CC(C(=O)C1C(=O)N(C(N)=O)c2ccccc21)c1ccccc1. The molecule has 2 aromatic rings. The van der Waals surface area contributed by atoms with Crippen LogP contribution in [0.3, 0.4) is 0 Å². The summed E-state index contributed by atoms with van der Waals surface area (Å²) in [5.74, 6) is -2.26. The number of carbonyl (C=O) groups excluding carboxylic acids is 3. The van der Waals surface area contributed by atoms with Crippen molar-refractivity contribution < 1.29 is 14.4 Å². The third-order valence-electron chi connectivity index (χ3n) is 4.19. The van der Waals surface area contributed by atoms with E-state index in [2.05, 4.69) is 0 Å². The van der Waals surface area contributed by atoms with Gasteiger partial charge in [-0.1, -0.05) is 55.5 Å². The van der Waals surface area contributed by atoms with Crippen molar-refractivity contribution in [1.82, 2.24) is 0 Å². The number of fused-ring (bicyclic) bond motifs is 1. The van der Waals surface area contributed by atoms with Crippen LogP contribution in [0.25, 0.3) is 0 Å². The van der Waals surface area contributed by atoms with E-state index in [4.69, 9.17) is 5.73 Å². The first-order valence-corrected chi connectivity index (χ1v) is 7.33. The lowest BCUT2D eigenvalue weighted by atomic mass is 9.85. The zero-order valence-electron chi connectivity index (χ0n) is 12.6. The van der Waals surface area contributed by atoms with Crippen molar-refractivity contribution in [2.75, 3.05) is 4.90 Å². The van der Waals surface area contributed by atoms with Gasteiger partial charge in [0.05, 0.1) is 5.69 Å². The van der Waals surface area contributed by atoms with Gasteiger partial charge < -0.3 is 5.73 Å². The number of carbonyl (C=O) groups is 3. The molecule has 1 aliphatic rings. The summed E-state index contributed by atoms with van der Waals surface area (Å²) in [4.78, 5) is 38.0. The molecule has 2 atom stereocenters. The van der Waals surface area contributed by atoms with Crippen LogP contribution in [0.5, 0.6) is 0 Å². The smallest absolute Gasteiger partial charge is 0.326 e. The fourth-order valence-electron chi connectivity index (χ4n) is 2.97. The highest BCUT2D eigenvalue weighted by Gasteiger charge is 2.45. The molecule has 116 valence electrons. The lowest BCUT2D eigenvalue weighted by Gasteiger charge is -2.16. The topological polar surface area (TPSA) is 80.5 Å². The van der Waals surface area contributed by atoms with Gasteiger partial charge in [0.1, 0.15) is 5.92 Å². The summed E-state index contributed by atoms with van der Waals surface area (Å²) in [6.07, 6.45) is 0. The van der Waals surface area contributed by atoms with Gasteiger partial charge in [-0.3, -0.25) is 9.59 Å². The Balaban J connectivity index is 2.01. The van der Waals surface area contributed by atoms with Crippen LogP contribution in [-0.4, -0.2) is 17.7 Å². The maximum atomic E-state index is 12.9. The summed E-state index contributed by atoms with van der Waals surface area (Å²) in [5, 5.41) is 0. The Labute approximate surface area is 133 Å². The summed E-state index contributed by atoms with van der Waals surface area (Å²) in [6, 6.07) is 15.1. The number of rotatable bonds is 3. The van der Waals surface area contributed by atoms with Crippen molar-refractivity contribution in [2.24, 2.45) is 5.73 Å². The number of ketones is 1. The third-order valence-corrected chi connectivity index (χ3v) is 4.19. The van der Waals surface area contributed by atoms with Crippen molar-refractivity contribution in [3.8, 4) is 0 Å². The van der Waals surface area contributed by atoms with Gasteiger partial charge in [-0.25, -0.2) is 9.69 Å². The molecule has 1 aliphatic heterocycles. The molecule has 23 heavy (non-hydrogen) atoms. The second-order valence-corrected chi connectivity index (χ2v) is 5.54. The van der Waals surface area contributed by atoms with Crippen LogP contribution in [0.15, 0.2) is 54.6 Å². The number of nitrogens with zero attached hydrogens (tertiary/aromatic N) is 1. The van der Waals surface area contributed by atoms with Crippen molar-refractivity contribution >= 4 is 23.4 Å². The number of imide groups is 1. The molecule has 5 nitrogen and oxygen atoms in total. The first-order valence-electron chi connectivity index (χ1n) is 7.33. The van der Waals surface area contributed by atoms with Crippen LogP contribution in [-0.2, 0) is 9.59 Å². The molecule has 0 spiro atoms. The Bertz CT molecular complexity index is 786. The normalized spacial score (nSPS) is 17.7. The van der Waals surface area contributed by atoms with Crippen LogP contribution >= 0.6 is 0 Å². The highest BCUT2D eigenvalue weighted by atomic mass is 16.2. The van der Waals surface area contributed by atoms with Crippen LogP contribution in [0.4, 0.5) is 10.5 Å². The van der Waals surface area contributed by atoms with Crippen molar-refractivity contribution in [3.63, 3.8) is 0 Å². The standard InChI is InChI=1S/C18H16N2O3/c1-11(12-7-3-2-4-8-12)16(21)15-13-9-5-6-10-14(13)20(17(15)22)18(19)23/h2-11,15H,1H3,(H2,19,23). The van der Waals surface area contributed by atoms with Gasteiger partial charge in [0.15, 0.2) is 5.78 Å². The van der Waals surface area contributed by atoms with Crippen LogP contribution in [0.1, 0.15) is 29.9 Å². The number of primary amides is 1. The van der Waals surface area contributed by atoms with Gasteiger partial charge in [0.2, 0.25) is 5.91 Å². The fourth-order valence-corrected chi connectivity index (χ4v) is 2.97. The van der Waals surface area contributed by atoms with E-state index >= 15 is 0 Å². The molecule has 1 heterocycles.